The van der Waals surface area contributed by atoms with Crippen LogP contribution in [0.3, 0.4) is 0 Å². The van der Waals surface area contributed by atoms with Crippen LogP contribution in [0, 0.1) is 0 Å². The molecule has 2 aliphatic heterocycles. The van der Waals surface area contributed by atoms with Crippen LogP contribution in [0.2, 0.25) is 15.1 Å². The Kier molecular flexibility index (Phi) is 7.67. The number of imide groups is 2. The molecule has 0 atom stereocenters. The second-order valence-electron chi connectivity index (χ2n) is 9.36. The molecule has 0 spiro atoms. The molecular formula is C22H5Cl3F14N2O4. The fourth-order valence-corrected chi connectivity index (χ4v) is 5.23. The summed E-state index contributed by atoms with van der Waals surface area (Å²) in [5.41, 5.74) is -4.98. The number of carbonyl (C=O) groups is 4. The van der Waals surface area contributed by atoms with Gasteiger partial charge < -0.3 is 0 Å². The predicted molar refractivity (Wildman–Crippen MR) is 122 cm³/mol. The first-order valence-corrected chi connectivity index (χ1v) is 12.2. The van der Waals surface area contributed by atoms with Crippen molar-refractivity contribution in [1.82, 2.24) is 9.80 Å². The Morgan fingerprint density at radius 2 is 0.844 bits per heavy atom. The van der Waals surface area contributed by atoms with Gasteiger partial charge in [0.25, 0.3) is 23.6 Å². The Labute approximate surface area is 252 Å². The molecule has 2 aromatic carbocycles. The molecule has 4 amide bonds. The van der Waals surface area contributed by atoms with Gasteiger partial charge in [0.05, 0.1) is 50.4 Å². The zero-order chi connectivity index (χ0) is 34.8. The normalized spacial score (nSPS) is 16.8. The van der Waals surface area contributed by atoms with E-state index in [0.717, 1.165) is 0 Å². The van der Waals surface area contributed by atoms with Crippen molar-refractivity contribution in [2.75, 3.05) is 13.1 Å². The third-order valence-corrected chi connectivity index (χ3v) is 7.76. The van der Waals surface area contributed by atoms with Crippen LogP contribution in [0.4, 0.5) is 61.5 Å². The van der Waals surface area contributed by atoms with Crippen molar-refractivity contribution in [1.29, 1.82) is 0 Å². The highest BCUT2D eigenvalue weighted by molar-refractivity contribution is 6.51. The molecule has 0 radical (unpaired) electrons. The summed E-state index contributed by atoms with van der Waals surface area (Å²) in [7, 11) is 0. The smallest absolute Gasteiger partial charge is 0.269 e. The lowest BCUT2D eigenvalue weighted by Gasteiger charge is -2.37. The topological polar surface area (TPSA) is 74.8 Å². The Bertz CT molecular complexity index is 1720. The lowest BCUT2D eigenvalue weighted by Crippen LogP contribution is -2.59. The van der Waals surface area contributed by atoms with Crippen molar-refractivity contribution in [2.24, 2.45) is 0 Å². The van der Waals surface area contributed by atoms with Crippen LogP contribution in [0.5, 0.6) is 0 Å². The molecule has 2 aliphatic rings. The molecule has 0 N–H and O–H groups in total. The van der Waals surface area contributed by atoms with E-state index in [0.29, 0.717) is 0 Å². The monoisotopic (exact) mass is 732 g/mol. The molecular weight excluding hydrogens is 729 g/mol. The van der Waals surface area contributed by atoms with Gasteiger partial charge in [0.1, 0.15) is 0 Å². The number of benzene rings is 2. The average Bonchev–Trinajstić information content (AvgIpc) is 2.87. The molecule has 0 saturated heterocycles. The minimum absolute atomic E-state index is 0.257. The SMILES string of the molecule is O=C1c2cc(Cl)c3c4c(c(Cl)c(Cl)c(c24)C(=O)N1CC(F)(F)C(F)(F)C(F)(F)F)C(=O)N(CC(F)(F)C(F)(F)C(F)(F)F)C3=O. The summed E-state index contributed by atoms with van der Waals surface area (Å²) in [4.78, 5) is 50.6. The van der Waals surface area contributed by atoms with Crippen LogP contribution >= 0.6 is 34.8 Å². The van der Waals surface area contributed by atoms with E-state index < -0.39 is 131 Å². The Balaban J connectivity index is 1.93. The van der Waals surface area contributed by atoms with Crippen molar-refractivity contribution in [3.63, 3.8) is 0 Å². The second kappa shape index (κ2) is 9.93. The van der Waals surface area contributed by atoms with Crippen LogP contribution in [-0.2, 0) is 0 Å². The summed E-state index contributed by atoms with van der Waals surface area (Å²) in [5.74, 6) is -34.5. The molecule has 4 rings (SSSR count). The maximum atomic E-state index is 14.2. The van der Waals surface area contributed by atoms with Gasteiger partial charge in [-0.2, -0.15) is 61.5 Å². The van der Waals surface area contributed by atoms with Crippen molar-refractivity contribution >= 4 is 69.2 Å². The van der Waals surface area contributed by atoms with Crippen molar-refractivity contribution < 1.29 is 80.6 Å². The van der Waals surface area contributed by atoms with Gasteiger partial charge in [-0.15, -0.1) is 0 Å². The number of alkyl halides is 14. The maximum absolute atomic E-state index is 14.2. The molecule has 0 aromatic heterocycles. The Morgan fingerprint density at radius 1 is 0.511 bits per heavy atom. The Morgan fingerprint density at radius 3 is 1.22 bits per heavy atom. The van der Waals surface area contributed by atoms with E-state index in [4.69, 9.17) is 34.8 Å². The number of nitrogens with zero attached hydrogens (tertiary/aromatic N) is 2. The van der Waals surface area contributed by atoms with E-state index in [1.54, 1.807) is 0 Å². The van der Waals surface area contributed by atoms with Crippen LogP contribution in [0.1, 0.15) is 41.4 Å². The third kappa shape index (κ3) is 4.68. The van der Waals surface area contributed by atoms with Gasteiger partial charge in [-0.1, -0.05) is 34.8 Å². The van der Waals surface area contributed by atoms with Crippen molar-refractivity contribution in [3.05, 3.63) is 43.4 Å². The summed E-state index contributed by atoms with van der Waals surface area (Å²) < 4.78 is 187. The quantitative estimate of drug-likeness (QED) is 0.226. The second-order valence-corrected chi connectivity index (χ2v) is 10.5. The lowest BCUT2D eigenvalue weighted by molar-refractivity contribution is -0.354. The fourth-order valence-electron chi connectivity index (χ4n) is 4.41. The van der Waals surface area contributed by atoms with Gasteiger partial charge in [-0.3, -0.25) is 29.0 Å². The van der Waals surface area contributed by atoms with E-state index in [2.05, 4.69) is 0 Å². The van der Waals surface area contributed by atoms with Gasteiger partial charge in [0.15, 0.2) is 0 Å². The van der Waals surface area contributed by atoms with Gasteiger partial charge in [-0.05, 0) is 6.07 Å². The Hall–Kier alpha value is -3.13. The molecule has 2 heterocycles. The molecule has 0 saturated carbocycles. The van der Waals surface area contributed by atoms with Crippen molar-refractivity contribution in [2.45, 2.75) is 36.0 Å². The minimum Gasteiger partial charge on any atom is -0.269 e. The number of hydrogen-bond donors (Lipinski definition) is 0. The highest BCUT2D eigenvalue weighted by Crippen LogP contribution is 2.52. The predicted octanol–water partition coefficient (Wildman–Crippen LogP) is 7.66. The van der Waals surface area contributed by atoms with Gasteiger partial charge in [-0.25, -0.2) is 0 Å². The van der Waals surface area contributed by atoms with E-state index >= 15 is 0 Å². The van der Waals surface area contributed by atoms with E-state index in [-0.39, 0.29) is 6.07 Å². The molecule has 246 valence electrons. The van der Waals surface area contributed by atoms with E-state index in [1.165, 1.54) is 0 Å². The minimum atomic E-state index is -6.90. The first kappa shape index (κ1) is 34.7. The number of carbonyl (C=O) groups excluding carboxylic acids is 4. The number of hydrogen-bond acceptors (Lipinski definition) is 4. The highest BCUT2D eigenvalue weighted by Gasteiger charge is 2.75. The molecule has 0 bridgehead atoms. The summed E-state index contributed by atoms with van der Waals surface area (Å²) in [6.45, 7) is -5.90. The average molecular weight is 734 g/mol. The number of amides is 4. The van der Waals surface area contributed by atoms with E-state index in [9.17, 15) is 80.6 Å². The first-order valence-electron chi connectivity index (χ1n) is 11.1. The van der Waals surface area contributed by atoms with Crippen molar-refractivity contribution in [3.8, 4) is 0 Å². The molecule has 6 nitrogen and oxygen atoms in total. The summed E-state index contributed by atoms with van der Waals surface area (Å²) in [5, 5.41) is -5.85. The maximum Gasteiger partial charge on any atom is 0.459 e. The fraction of sp³-hybridized carbons (Fsp3) is 0.364. The van der Waals surface area contributed by atoms with Crippen LogP contribution in [-0.4, -0.2) is 82.6 Å². The number of rotatable bonds is 6. The van der Waals surface area contributed by atoms with Crippen LogP contribution in [0.25, 0.3) is 10.8 Å². The zero-order valence-corrected chi connectivity index (χ0v) is 22.7. The summed E-state index contributed by atoms with van der Waals surface area (Å²) >= 11 is 17.7. The number of halogens is 17. The largest absolute Gasteiger partial charge is 0.459 e. The summed E-state index contributed by atoms with van der Waals surface area (Å²) in [6.07, 6.45) is -13.8. The van der Waals surface area contributed by atoms with Crippen LogP contribution < -0.4 is 0 Å². The molecule has 0 aliphatic carbocycles. The summed E-state index contributed by atoms with van der Waals surface area (Å²) in [6, 6.07) is 0.257. The lowest BCUT2D eigenvalue weighted by atomic mass is 9.85. The van der Waals surface area contributed by atoms with Crippen LogP contribution in [0.15, 0.2) is 6.07 Å². The first-order chi connectivity index (χ1) is 20.0. The van der Waals surface area contributed by atoms with Gasteiger partial charge in [0, 0.05) is 10.8 Å². The van der Waals surface area contributed by atoms with Gasteiger partial charge in [0.2, 0.25) is 0 Å². The molecule has 45 heavy (non-hydrogen) atoms. The molecule has 0 fully saturated rings. The van der Waals surface area contributed by atoms with Gasteiger partial charge >= 0.3 is 36.0 Å². The zero-order valence-electron chi connectivity index (χ0n) is 20.4. The third-order valence-electron chi connectivity index (χ3n) is 6.61. The molecule has 0 unspecified atom stereocenters. The molecule has 2 aromatic rings. The molecule has 23 heteroatoms. The van der Waals surface area contributed by atoms with E-state index in [1.807, 2.05) is 0 Å². The standard InChI is InChI=1S/C22H5Cl3F14N2O4/c23-5-1-4-6-8-7(5)14(43)41(3-18(28,29)20(32,33)22(37,38)39)16(45)10(8)12(25)11(24)9(6)15(44)40(13(4)42)2-17(26,27)19(30,31)21(34,35)36/h1H,2-3H2. The highest BCUT2D eigenvalue weighted by atomic mass is 35.5.